The zero-order chi connectivity index (χ0) is 16.2. The van der Waals surface area contributed by atoms with E-state index < -0.39 is 0 Å². The summed E-state index contributed by atoms with van der Waals surface area (Å²) < 4.78 is 2.20. The summed E-state index contributed by atoms with van der Waals surface area (Å²) in [6, 6.07) is 15.0. The summed E-state index contributed by atoms with van der Waals surface area (Å²) >= 11 is 9.38. The van der Waals surface area contributed by atoms with Crippen LogP contribution in [0.5, 0.6) is 0 Å². The maximum Gasteiger partial charge on any atom is 0.364 e. The number of H-pyrrole nitrogens is 1. The number of benzene rings is 2. The molecule has 0 unspecified atom stereocenters. The van der Waals surface area contributed by atoms with Crippen molar-refractivity contribution in [3.05, 3.63) is 85.5 Å². The first-order chi connectivity index (χ1) is 11.1. The fourth-order valence-corrected chi connectivity index (χ4v) is 2.73. The molecule has 0 aliphatic heterocycles. The van der Waals surface area contributed by atoms with Gasteiger partial charge < -0.3 is 0 Å². The topological polar surface area (TPSA) is 63.0 Å². The van der Waals surface area contributed by atoms with Crippen LogP contribution in [0, 0.1) is 0 Å². The van der Waals surface area contributed by atoms with Gasteiger partial charge in [-0.05, 0) is 35.4 Å². The van der Waals surface area contributed by atoms with E-state index in [1.165, 1.54) is 4.68 Å². The summed E-state index contributed by atoms with van der Waals surface area (Å²) in [6.07, 6.45) is 2.07. The molecule has 23 heavy (non-hydrogen) atoms. The van der Waals surface area contributed by atoms with Crippen LogP contribution in [0.2, 0.25) is 5.02 Å². The molecule has 116 valence electrons. The number of rotatable bonds is 4. The van der Waals surface area contributed by atoms with Gasteiger partial charge >= 0.3 is 5.69 Å². The molecular weight excluding hydrogens is 380 g/mol. The highest BCUT2D eigenvalue weighted by Crippen LogP contribution is 2.13. The Morgan fingerprint density at radius 3 is 2.87 bits per heavy atom. The van der Waals surface area contributed by atoms with E-state index in [1.54, 1.807) is 12.3 Å². The molecule has 0 amide bonds. The molecule has 5 nitrogen and oxygen atoms in total. The van der Waals surface area contributed by atoms with E-state index in [-0.39, 0.29) is 5.69 Å². The number of nitrogens with zero attached hydrogens (tertiary/aromatic N) is 3. The minimum absolute atomic E-state index is 0.381. The van der Waals surface area contributed by atoms with E-state index in [9.17, 15) is 4.79 Å². The molecular formula is C16H12BrClN4O. The lowest BCUT2D eigenvalue weighted by molar-refractivity contribution is 0.775. The van der Waals surface area contributed by atoms with Crippen LogP contribution in [0.4, 0.5) is 0 Å². The van der Waals surface area contributed by atoms with E-state index in [0.717, 1.165) is 15.6 Å². The smallest absolute Gasteiger partial charge is 0.244 e. The molecule has 0 bridgehead atoms. The minimum atomic E-state index is -0.381. The number of aromatic amines is 1. The summed E-state index contributed by atoms with van der Waals surface area (Å²) in [7, 11) is 0. The average molecular weight is 392 g/mol. The summed E-state index contributed by atoms with van der Waals surface area (Å²) in [5.74, 6) is 0.517. The average Bonchev–Trinajstić information content (AvgIpc) is 2.85. The molecule has 0 saturated carbocycles. The maximum atomic E-state index is 11.9. The Labute approximate surface area is 145 Å². The van der Waals surface area contributed by atoms with E-state index in [2.05, 4.69) is 31.2 Å². The molecule has 1 N–H and O–H groups in total. The van der Waals surface area contributed by atoms with Crippen molar-refractivity contribution in [2.75, 3.05) is 0 Å². The largest absolute Gasteiger partial charge is 0.364 e. The molecule has 3 aromatic rings. The van der Waals surface area contributed by atoms with Crippen LogP contribution in [0.1, 0.15) is 17.0 Å². The van der Waals surface area contributed by atoms with Gasteiger partial charge in [-0.25, -0.2) is 9.89 Å². The first-order valence-corrected chi connectivity index (χ1v) is 7.99. The van der Waals surface area contributed by atoms with Crippen LogP contribution in [-0.2, 0) is 6.42 Å². The van der Waals surface area contributed by atoms with Gasteiger partial charge in [0.1, 0.15) is 0 Å². The summed E-state index contributed by atoms with van der Waals surface area (Å²) in [5, 5.41) is 11.3. The van der Waals surface area contributed by atoms with Crippen molar-refractivity contribution < 1.29 is 0 Å². The SMILES string of the molecule is O=c1[nH]nc(Cc2cccc(Cl)c2)n1/N=C/c1cccc(Br)c1. The van der Waals surface area contributed by atoms with Gasteiger partial charge in [0.2, 0.25) is 0 Å². The Hall–Kier alpha value is -2.18. The molecule has 7 heteroatoms. The van der Waals surface area contributed by atoms with E-state index in [1.807, 2.05) is 42.5 Å². The van der Waals surface area contributed by atoms with Gasteiger partial charge in [-0.2, -0.15) is 14.9 Å². The number of hydrogen-bond donors (Lipinski definition) is 1. The second-order valence-electron chi connectivity index (χ2n) is 4.86. The molecule has 2 aromatic carbocycles. The molecule has 0 saturated heterocycles. The Bertz CT molecular complexity index is 916. The van der Waals surface area contributed by atoms with Crippen LogP contribution < -0.4 is 5.69 Å². The van der Waals surface area contributed by atoms with Crippen molar-refractivity contribution in [3.63, 3.8) is 0 Å². The van der Waals surface area contributed by atoms with E-state index >= 15 is 0 Å². The van der Waals surface area contributed by atoms with Crippen molar-refractivity contribution in [1.82, 2.24) is 14.9 Å². The Morgan fingerprint density at radius 2 is 2.09 bits per heavy atom. The van der Waals surface area contributed by atoms with Gasteiger partial charge in [0.05, 0.1) is 6.21 Å². The molecule has 0 atom stereocenters. The third kappa shape index (κ3) is 3.97. The molecule has 0 aliphatic rings. The Kier molecular flexibility index (Phi) is 4.73. The van der Waals surface area contributed by atoms with Crippen LogP contribution in [0.3, 0.4) is 0 Å². The number of halogens is 2. The standard InChI is InChI=1S/C16H12BrClN4O/c17-13-5-1-4-12(7-13)10-19-22-15(20-21-16(22)23)9-11-3-2-6-14(18)8-11/h1-8,10H,9H2,(H,21,23)/b19-10+. The number of nitrogens with one attached hydrogen (secondary N) is 1. The first-order valence-electron chi connectivity index (χ1n) is 6.82. The quantitative estimate of drug-likeness (QED) is 0.692. The van der Waals surface area contributed by atoms with E-state index in [0.29, 0.717) is 17.3 Å². The van der Waals surface area contributed by atoms with Crippen molar-refractivity contribution in [2.24, 2.45) is 5.10 Å². The molecule has 1 heterocycles. The lowest BCUT2D eigenvalue weighted by atomic mass is 10.1. The van der Waals surface area contributed by atoms with E-state index in [4.69, 9.17) is 11.6 Å². The molecule has 3 rings (SSSR count). The fraction of sp³-hybridized carbons (Fsp3) is 0.0625. The molecule has 0 aliphatic carbocycles. The third-order valence-electron chi connectivity index (χ3n) is 3.14. The van der Waals surface area contributed by atoms with Gasteiger partial charge in [-0.1, -0.05) is 51.8 Å². The van der Waals surface area contributed by atoms with Crippen LogP contribution >= 0.6 is 27.5 Å². The van der Waals surface area contributed by atoms with Crippen molar-refractivity contribution in [3.8, 4) is 0 Å². The summed E-state index contributed by atoms with van der Waals surface area (Å²) in [6.45, 7) is 0. The first kappa shape index (κ1) is 15.7. The molecule has 1 aromatic heterocycles. The summed E-state index contributed by atoms with van der Waals surface area (Å²) in [4.78, 5) is 11.9. The lowest BCUT2D eigenvalue weighted by Gasteiger charge is -2.01. The van der Waals surface area contributed by atoms with Crippen molar-refractivity contribution in [1.29, 1.82) is 0 Å². The molecule has 0 radical (unpaired) electrons. The van der Waals surface area contributed by atoms with Crippen LogP contribution in [0.15, 0.2) is 62.9 Å². The number of hydrogen-bond acceptors (Lipinski definition) is 3. The minimum Gasteiger partial charge on any atom is -0.244 e. The van der Waals surface area contributed by atoms with Crippen molar-refractivity contribution in [2.45, 2.75) is 6.42 Å². The monoisotopic (exact) mass is 390 g/mol. The maximum absolute atomic E-state index is 11.9. The van der Waals surface area contributed by atoms with Crippen LogP contribution in [-0.4, -0.2) is 21.1 Å². The fourth-order valence-electron chi connectivity index (χ4n) is 2.10. The Balaban J connectivity index is 1.88. The zero-order valence-electron chi connectivity index (χ0n) is 11.9. The second kappa shape index (κ2) is 6.93. The van der Waals surface area contributed by atoms with Gasteiger partial charge in [0.25, 0.3) is 0 Å². The molecule has 0 fully saturated rings. The van der Waals surface area contributed by atoms with Gasteiger partial charge in [-0.3, -0.25) is 0 Å². The highest BCUT2D eigenvalue weighted by Gasteiger charge is 2.08. The van der Waals surface area contributed by atoms with Crippen molar-refractivity contribution >= 4 is 33.7 Å². The van der Waals surface area contributed by atoms with Crippen LogP contribution in [0.25, 0.3) is 0 Å². The molecule has 0 spiro atoms. The number of aromatic nitrogens is 3. The predicted octanol–water partition coefficient (Wildman–Crippen LogP) is 3.46. The highest BCUT2D eigenvalue weighted by molar-refractivity contribution is 9.10. The van der Waals surface area contributed by atoms with Gasteiger partial charge in [-0.15, -0.1) is 0 Å². The second-order valence-corrected chi connectivity index (χ2v) is 6.22. The third-order valence-corrected chi connectivity index (χ3v) is 3.87. The highest BCUT2D eigenvalue weighted by atomic mass is 79.9. The Morgan fingerprint density at radius 1 is 1.26 bits per heavy atom. The van der Waals surface area contributed by atoms with Gasteiger partial charge in [0.15, 0.2) is 5.82 Å². The predicted molar refractivity (Wildman–Crippen MR) is 94.2 cm³/mol. The summed E-state index contributed by atoms with van der Waals surface area (Å²) in [5.41, 5.74) is 1.45. The normalized spacial score (nSPS) is 11.2. The lowest BCUT2D eigenvalue weighted by Crippen LogP contribution is -2.15. The zero-order valence-corrected chi connectivity index (χ0v) is 14.3. The van der Waals surface area contributed by atoms with Gasteiger partial charge in [0, 0.05) is 15.9 Å².